The predicted molar refractivity (Wildman–Crippen MR) is 627 cm³/mol. The second kappa shape index (κ2) is 36.7. The molecule has 30 rings (SSSR count). The topological polar surface area (TPSA) is 108 Å². The lowest BCUT2D eigenvalue weighted by Gasteiger charge is -2.19. The number of Topliss-reactive ketones (excluding diaryl/α,β-unsaturated/α-hetero) is 1. The molecule has 145 heavy (non-hydrogen) atoms. The van der Waals surface area contributed by atoms with Crippen molar-refractivity contribution in [2.45, 2.75) is 35.1 Å². The molecule has 0 bridgehead atoms. The molecule has 3 aliphatic carbocycles. The van der Waals surface area contributed by atoms with Gasteiger partial charge in [-0.25, -0.2) is 0 Å². The van der Waals surface area contributed by atoms with E-state index in [9.17, 15) is 14.5 Å². The van der Waals surface area contributed by atoms with Gasteiger partial charge in [-0.05, 0) is 305 Å². The van der Waals surface area contributed by atoms with Crippen LogP contribution in [0.3, 0.4) is 0 Å². The van der Waals surface area contributed by atoms with Crippen molar-refractivity contribution in [3.63, 3.8) is 0 Å². The normalized spacial score (nSPS) is 12.4. The van der Waals surface area contributed by atoms with Crippen molar-refractivity contribution >= 4 is 260 Å². The van der Waals surface area contributed by atoms with Crippen LogP contribution in [0.1, 0.15) is 57.4 Å². The molecular weight excluding hydrogens is 1970 g/mol. The minimum atomic E-state index is 0. The predicted octanol–water partition coefficient (Wildman–Crippen LogP) is 39.1. The fourth-order valence-corrected chi connectivity index (χ4v) is 25.4. The molecule has 0 aromatic heterocycles. The lowest BCUT2D eigenvalue weighted by Crippen LogP contribution is -2.02. The molecule has 0 saturated carbocycles. The molecule has 0 unspecified atom stereocenters. The van der Waals surface area contributed by atoms with E-state index in [2.05, 4.69) is 399 Å². The van der Waals surface area contributed by atoms with Gasteiger partial charge < -0.3 is 15.3 Å². The average Bonchev–Trinajstić information content (AvgIpc) is 1.53. The maximum atomic E-state index is 13.8. The first-order chi connectivity index (χ1) is 70.4. The highest BCUT2D eigenvalue weighted by molar-refractivity contribution is 9.11. The molecule has 692 valence electrons. The summed E-state index contributed by atoms with van der Waals surface area (Å²) in [5.74, 6) is 1.10. The summed E-state index contributed by atoms with van der Waals surface area (Å²) in [6.07, 6.45) is 0.895. The Hall–Kier alpha value is -16.6. The minimum Gasteiger partial charge on any atom is -0.426 e. The lowest BCUT2D eigenvalue weighted by molar-refractivity contribution is -0.120. The Morgan fingerprint density at radius 2 is 0.559 bits per heavy atom. The van der Waals surface area contributed by atoms with Crippen LogP contribution in [0.15, 0.2) is 437 Å². The van der Waals surface area contributed by atoms with Crippen LogP contribution in [0.2, 0.25) is 0 Å². The third kappa shape index (κ3) is 14.2. The number of anilines is 1. The summed E-state index contributed by atoms with van der Waals surface area (Å²) in [7, 11) is 0. The number of ketones is 1. The lowest BCUT2D eigenvalue weighted by atomic mass is 9.84. The Balaban J connectivity index is 0.000000104. The summed E-state index contributed by atoms with van der Waals surface area (Å²) in [6, 6.07) is 150. The van der Waals surface area contributed by atoms with Crippen molar-refractivity contribution < 1.29 is 19.2 Å². The number of halogens is 3. The van der Waals surface area contributed by atoms with E-state index in [4.69, 9.17) is 10.5 Å². The molecule has 0 heterocycles. The first-order valence-electron chi connectivity index (χ1n) is 48.3. The van der Waals surface area contributed by atoms with E-state index >= 15 is 0 Å². The van der Waals surface area contributed by atoms with Gasteiger partial charge in [0.15, 0.2) is 16.9 Å². The quantitative estimate of drug-likeness (QED) is 0.0326. The van der Waals surface area contributed by atoms with Crippen molar-refractivity contribution in [3.8, 4) is 72.5 Å². The largest absolute Gasteiger partial charge is 0.426 e. The maximum Gasteiger partial charge on any atom is 0.298 e. The van der Waals surface area contributed by atoms with Crippen LogP contribution in [0.25, 0.3) is 261 Å². The Bertz CT molecular complexity index is 9630. The van der Waals surface area contributed by atoms with Crippen molar-refractivity contribution in [3.05, 3.63) is 459 Å². The summed E-state index contributed by atoms with van der Waals surface area (Å²) in [4.78, 5) is 38.0. The first kappa shape index (κ1) is 90.9. The van der Waals surface area contributed by atoms with Gasteiger partial charge in [-0.3, -0.25) is 9.59 Å². The smallest absolute Gasteiger partial charge is 0.298 e. The number of ether oxygens (including phenoxy) is 1. The standard InChI is InChI=1S/2C42H23Br.C27H15BrO.C17H11NO2.C5H11NO2.2CH4/c43-35-22-21-32-39-29(35)18-10-20-31(39)42-37(25-13-5-2-6-14-25)40-30-19-9-17-28-26-15-7-8-16-27(26)33(38(28)30)23-34(40)36(41(32)42)24-11-3-1-4-12-24;43-35-22-21-32-39-29(35)18-10-20-31(39)41-36(24-11-3-1-4-12-24)34-23-33-27-16-8-7-15-26(27)28-17-9-19-30(38(28)33)40(34)37(42(32)41)25-13-5-2-6-14-25;28-21-15-14-20-24-18(21)12-7-13-19(24)25-22(16-8-3-1-4-9-16)27(29)23(26(20)25)17-10-5-2-6-11-17;18-17-13-7-3-6-12-10-4-1-2-5-11(10)14(16(12)13)8-15(17)20-9-19;1-5(2)3-4-8-6-7;;/h2*1-23H;1-15H;1-9H,18H2;5H,3-4H2,1-2H3;2*1H4. The SMILES string of the molecule is Brc1ccc2c3c(-c4ccccc4)c4c(cc5c6ccccc6c6cccc4c65)c(-c4ccccc4)c3c3cccc1c32.Brc1ccc2c3c(-c4ccccc4)c4cc5c6ccccc6c6cccc(c4c(-c4ccccc4)c3c3cccc1c23)c65.C.C.CC(C)CCON=O.Nc1c(OC=O)cc2c3c(cccc13)-c1ccccc1-2.O=C1C(c2ccccc2)=C2C(=C1c1ccccc1)c1ccc(Br)c3cccc2c13. The molecule has 0 amide bonds. The Kier molecular flexibility index (Phi) is 23.0. The number of hydrogen-bond donors (Lipinski definition) is 1. The van der Waals surface area contributed by atoms with E-state index in [-0.39, 0.29) is 20.6 Å². The molecule has 27 aromatic rings. The fourth-order valence-electron chi connectivity index (χ4n) is 24.0. The second-order valence-corrected chi connectivity index (χ2v) is 40.2. The third-order valence-electron chi connectivity index (χ3n) is 29.7. The number of nitrogens with two attached hydrogens (primary N) is 1. The van der Waals surface area contributed by atoms with Gasteiger partial charge in [0.05, 0.1) is 5.69 Å². The van der Waals surface area contributed by atoms with Gasteiger partial charge in [0.2, 0.25) is 0 Å². The zero-order valence-corrected chi connectivity index (χ0v) is 82.4. The molecule has 7 nitrogen and oxygen atoms in total. The number of rotatable bonds is 12. The maximum absolute atomic E-state index is 13.8. The van der Waals surface area contributed by atoms with Gasteiger partial charge in [0, 0.05) is 41.1 Å². The number of nitrogen functional groups attached to an aromatic ring is 1. The van der Waals surface area contributed by atoms with E-state index in [1.54, 1.807) is 0 Å². The number of hydrogen-bond acceptors (Lipinski definition) is 7. The number of fused-ring (bicyclic) bond motifs is 22. The van der Waals surface area contributed by atoms with Gasteiger partial charge in [-0.15, -0.1) is 4.91 Å². The van der Waals surface area contributed by atoms with Crippen molar-refractivity contribution in [1.82, 2.24) is 0 Å². The van der Waals surface area contributed by atoms with Crippen molar-refractivity contribution in [1.29, 1.82) is 0 Å². The average molecular weight is 2060 g/mol. The summed E-state index contributed by atoms with van der Waals surface area (Å²) < 4.78 is 8.37. The highest BCUT2D eigenvalue weighted by atomic mass is 79.9. The molecule has 3 aliphatic rings. The molecule has 0 radical (unpaired) electrons. The van der Waals surface area contributed by atoms with Gasteiger partial charge in [0.25, 0.3) is 6.47 Å². The molecule has 0 saturated heterocycles. The summed E-state index contributed by atoms with van der Waals surface area (Å²) in [5.41, 5.74) is 29.5. The number of carbonyl (C=O) groups excluding carboxylic acids is 2. The van der Waals surface area contributed by atoms with Crippen LogP contribution in [0.5, 0.6) is 5.75 Å². The van der Waals surface area contributed by atoms with E-state index in [0.717, 1.165) is 86.3 Å². The summed E-state index contributed by atoms with van der Waals surface area (Å²) >= 11 is 11.5. The van der Waals surface area contributed by atoms with Crippen LogP contribution in [-0.4, -0.2) is 18.9 Å². The van der Waals surface area contributed by atoms with E-state index < -0.39 is 0 Å². The van der Waals surface area contributed by atoms with Crippen LogP contribution in [-0.2, 0) is 14.4 Å². The Morgan fingerprint density at radius 3 is 0.979 bits per heavy atom. The number of carbonyl (C=O) groups is 2. The summed E-state index contributed by atoms with van der Waals surface area (Å²) in [5, 5.41) is 43.8. The van der Waals surface area contributed by atoms with Gasteiger partial charge in [-0.1, -0.05) is 459 Å². The first-order valence-corrected chi connectivity index (χ1v) is 50.7. The van der Waals surface area contributed by atoms with Crippen molar-refractivity contribution in [2.75, 3.05) is 12.3 Å². The number of benzene rings is 23. The van der Waals surface area contributed by atoms with Crippen LogP contribution < -0.4 is 10.5 Å². The highest BCUT2D eigenvalue weighted by Crippen LogP contribution is 2.62. The molecule has 0 fully saturated rings. The van der Waals surface area contributed by atoms with E-state index in [1.807, 2.05) is 91.0 Å². The van der Waals surface area contributed by atoms with Gasteiger partial charge >= 0.3 is 0 Å². The molecule has 0 aliphatic heterocycles. The van der Waals surface area contributed by atoms with E-state index in [1.165, 1.54) is 217 Å². The van der Waals surface area contributed by atoms with Crippen LogP contribution in [0, 0.1) is 10.8 Å². The Morgan fingerprint density at radius 1 is 0.262 bits per heavy atom. The van der Waals surface area contributed by atoms with Crippen molar-refractivity contribution in [2.24, 2.45) is 11.3 Å². The summed E-state index contributed by atoms with van der Waals surface area (Å²) in [6.45, 7) is 4.98. The zero-order chi connectivity index (χ0) is 96.1. The molecular formula is C135H91Br3N2O5. The monoisotopic (exact) mass is 2060 g/mol. The highest BCUT2D eigenvalue weighted by Gasteiger charge is 2.41. The molecule has 0 atom stereocenters. The Labute approximate surface area is 862 Å². The zero-order valence-electron chi connectivity index (χ0n) is 77.6. The van der Waals surface area contributed by atoms with E-state index in [0.29, 0.717) is 30.4 Å². The van der Waals surface area contributed by atoms with Crippen LogP contribution >= 0.6 is 47.8 Å². The molecule has 27 aromatic carbocycles. The van der Waals surface area contributed by atoms with Gasteiger partial charge in [0.1, 0.15) is 6.61 Å². The fraction of sp³-hybridized carbons (Fsp3) is 0.0519. The molecule has 2 N–H and O–H groups in total. The minimum absolute atomic E-state index is 0. The molecule has 0 spiro atoms. The second-order valence-electron chi connectivity index (χ2n) is 37.6. The number of nitrogens with zero attached hydrogens (tertiary/aromatic N) is 1. The molecule has 10 heteroatoms. The number of allylic oxidation sites excluding steroid dienone is 4. The van der Waals surface area contributed by atoms with Crippen LogP contribution in [0.4, 0.5) is 5.69 Å². The third-order valence-corrected chi connectivity index (χ3v) is 31.8. The van der Waals surface area contributed by atoms with Gasteiger partial charge in [-0.2, -0.15) is 0 Å².